The molecule has 1 N–H and O–H groups in total. The zero-order valence-corrected chi connectivity index (χ0v) is 21.3. The van der Waals surface area contributed by atoms with Gasteiger partial charge in [0, 0.05) is 16.1 Å². The van der Waals surface area contributed by atoms with Crippen molar-refractivity contribution in [1.82, 2.24) is 8.75 Å². The molecular weight excluding hydrogens is 532 g/mol. The maximum Gasteiger partial charge on any atom is 2.00 e. The average molecular weight is 542 g/mol. The number of carboxylic acid groups (broad SMARTS) is 2. The van der Waals surface area contributed by atoms with Gasteiger partial charge in [0.1, 0.15) is 10.7 Å². The van der Waals surface area contributed by atoms with Gasteiger partial charge in [0.2, 0.25) is 0 Å². The molecule has 0 saturated heterocycles. The number of hydrogen-bond acceptors (Lipinski definition) is 8. The van der Waals surface area contributed by atoms with Crippen molar-refractivity contribution in [1.29, 1.82) is 0 Å². The van der Waals surface area contributed by atoms with E-state index in [0.717, 1.165) is 17.1 Å². The smallest absolute Gasteiger partial charge is 0.870 e. The zero-order valence-electron chi connectivity index (χ0n) is 16.0. The summed E-state index contributed by atoms with van der Waals surface area (Å²) in [5.41, 5.74) is 1.85. The van der Waals surface area contributed by atoms with Gasteiger partial charge < -0.3 is 20.1 Å². The molecule has 7 nitrogen and oxygen atoms in total. The van der Waals surface area contributed by atoms with E-state index < -0.39 is 23.5 Å². The van der Waals surface area contributed by atoms with E-state index in [-0.39, 0.29) is 34.9 Å². The fraction of sp³-hybridized carbons (Fsp3) is 0. The molecule has 158 valence electrons. The van der Waals surface area contributed by atoms with Gasteiger partial charge in [-0.3, -0.25) is 0 Å². The molecule has 2 aromatic carbocycles. The van der Waals surface area contributed by atoms with Crippen molar-refractivity contribution in [3.63, 3.8) is 0 Å². The molecule has 32 heavy (non-hydrogen) atoms. The predicted octanol–water partition coefficient (Wildman–Crippen LogP) is 3.55. The molecule has 0 aliphatic carbocycles. The molecule has 0 aliphatic rings. The molecule has 12 heteroatoms. The van der Waals surface area contributed by atoms with Gasteiger partial charge in [0.25, 0.3) is 0 Å². The summed E-state index contributed by atoms with van der Waals surface area (Å²) >= 11 is 7.34. The first-order valence-corrected chi connectivity index (χ1v) is 10.3. The van der Waals surface area contributed by atoms with Crippen LogP contribution in [-0.4, -0.2) is 25.8 Å². The number of carboxylic acids is 2. The second-order valence-electron chi connectivity index (χ2n) is 5.88. The van der Waals surface area contributed by atoms with Crippen LogP contribution in [0.2, 0.25) is 5.02 Å². The van der Waals surface area contributed by atoms with Crippen molar-refractivity contribution in [3.05, 3.63) is 75.2 Å². The van der Waals surface area contributed by atoms with E-state index in [2.05, 4.69) is 8.75 Å². The zero-order chi connectivity index (χ0) is 22.5. The van der Waals surface area contributed by atoms with Crippen molar-refractivity contribution < 1.29 is 48.8 Å². The Hall–Kier alpha value is -2.72. The molecule has 0 radical (unpaired) electrons. The van der Waals surface area contributed by atoms with E-state index >= 15 is 0 Å². The summed E-state index contributed by atoms with van der Waals surface area (Å²) in [7, 11) is 0. The fourth-order valence-corrected chi connectivity index (χ4v) is 3.78. The molecule has 4 aromatic rings. The van der Waals surface area contributed by atoms with Crippen molar-refractivity contribution in [3.8, 4) is 28.3 Å². The first-order chi connectivity index (χ1) is 14.8. The second-order valence-corrected chi connectivity index (χ2v) is 7.89. The second kappa shape index (κ2) is 11.2. The normalized spacial score (nSPS) is 9.94. The number of aromatic carboxylic acids is 2. The Bertz CT molecular complexity index is 1250. The standard InChI is InChI=1S/C10H6ClNO2S.C10H6FNO3S.Zn/c11-7-3-1-2-6(4-7)8-5-9(10(13)14)15-12-8;11-6-3-1-5(2-4-6)7-8(13)9(10(14)15)16-12-7;/h1-5H,(H,13,14);1-4,13H,(H,14,15);/q;;+2/p-2. The van der Waals surface area contributed by atoms with Gasteiger partial charge in [-0.05, 0) is 65.5 Å². The average Bonchev–Trinajstić information content (AvgIpc) is 3.37. The van der Waals surface area contributed by atoms with Crippen LogP contribution in [0.3, 0.4) is 0 Å². The van der Waals surface area contributed by atoms with Crippen molar-refractivity contribution >= 4 is 46.6 Å². The minimum absolute atomic E-state index is 0. The van der Waals surface area contributed by atoms with E-state index in [4.69, 9.17) is 16.7 Å². The summed E-state index contributed by atoms with van der Waals surface area (Å²) in [6.45, 7) is 0. The molecule has 4 rings (SSSR count). The van der Waals surface area contributed by atoms with Crippen molar-refractivity contribution in [2.24, 2.45) is 0 Å². The van der Waals surface area contributed by atoms with Crippen LogP contribution >= 0.6 is 34.7 Å². The van der Waals surface area contributed by atoms with Crippen LogP contribution in [-0.2, 0) is 19.5 Å². The van der Waals surface area contributed by atoms with Gasteiger partial charge in [0.15, 0.2) is 0 Å². The molecule has 0 atom stereocenters. The fourth-order valence-electron chi connectivity index (χ4n) is 2.36. The summed E-state index contributed by atoms with van der Waals surface area (Å²) in [5, 5.41) is 31.4. The molecule has 0 fully saturated rings. The quantitative estimate of drug-likeness (QED) is 0.391. The van der Waals surface area contributed by atoms with Crippen LogP contribution in [0.1, 0.15) is 19.3 Å². The summed E-state index contributed by atoms with van der Waals surface area (Å²) < 4.78 is 20.4. The van der Waals surface area contributed by atoms with Gasteiger partial charge in [0.05, 0.1) is 22.2 Å². The van der Waals surface area contributed by atoms with E-state index in [1.54, 1.807) is 18.2 Å². The maximum atomic E-state index is 12.6. The third-order valence-corrected chi connectivity index (χ3v) is 5.61. The number of halogens is 2. The summed E-state index contributed by atoms with van der Waals surface area (Å²) in [4.78, 5) is 21.0. The number of benzene rings is 2. The Kier molecular flexibility index (Phi) is 8.97. The number of carbonyl (C=O) groups excluding carboxylic acids is 1. The molecule has 0 bridgehead atoms. The number of aromatic nitrogens is 2. The van der Waals surface area contributed by atoms with Crippen LogP contribution < -0.4 is 10.2 Å². The third kappa shape index (κ3) is 6.17. The Balaban J connectivity index is 0.000000220. The molecule has 0 aliphatic heterocycles. The SMILES string of the molecule is O=C(O)c1snc(-c2ccc(F)cc2)c1[O-].O=C([O-])c1cc(-c2cccc(Cl)c2)ns1.[Zn+2]. The monoisotopic (exact) mass is 540 g/mol. The van der Waals surface area contributed by atoms with E-state index in [1.165, 1.54) is 30.3 Å². The molecule has 2 aromatic heterocycles. The van der Waals surface area contributed by atoms with Crippen LogP contribution in [0.25, 0.3) is 22.5 Å². The van der Waals surface area contributed by atoms with Crippen LogP contribution in [0, 0.1) is 5.82 Å². The van der Waals surface area contributed by atoms with Gasteiger partial charge >= 0.3 is 25.4 Å². The van der Waals surface area contributed by atoms with Crippen molar-refractivity contribution in [2.75, 3.05) is 0 Å². The summed E-state index contributed by atoms with van der Waals surface area (Å²) in [6.07, 6.45) is 0. The number of nitrogens with zero attached hydrogens (tertiary/aromatic N) is 2. The molecule has 0 spiro atoms. The van der Waals surface area contributed by atoms with Crippen LogP contribution in [0.15, 0.2) is 54.6 Å². The minimum Gasteiger partial charge on any atom is -0.870 e. The minimum atomic E-state index is -1.30. The van der Waals surface area contributed by atoms with Gasteiger partial charge in [-0.2, -0.15) is 8.75 Å². The largest absolute Gasteiger partial charge is 2.00 e. The van der Waals surface area contributed by atoms with Gasteiger partial charge in [-0.15, -0.1) is 0 Å². The van der Waals surface area contributed by atoms with Crippen LogP contribution in [0.4, 0.5) is 4.39 Å². The number of carbonyl (C=O) groups is 2. The Morgan fingerprint density at radius 3 is 2.22 bits per heavy atom. The maximum absolute atomic E-state index is 12.6. The van der Waals surface area contributed by atoms with Gasteiger partial charge in [-0.25, -0.2) is 9.18 Å². The molecule has 0 amide bonds. The molecular formula is C20H10ClFN2O5S2Zn. The molecule has 2 heterocycles. The van der Waals surface area contributed by atoms with E-state index in [0.29, 0.717) is 27.8 Å². The molecule has 0 saturated carbocycles. The Morgan fingerprint density at radius 1 is 1.00 bits per heavy atom. The van der Waals surface area contributed by atoms with Crippen molar-refractivity contribution in [2.45, 2.75) is 0 Å². The summed E-state index contributed by atoms with van der Waals surface area (Å²) in [5.74, 6) is -3.56. The Labute approximate surface area is 206 Å². The Morgan fingerprint density at radius 2 is 1.69 bits per heavy atom. The first kappa shape index (κ1) is 25.5. The van der Waals surface area contributed by atoms with Crippen LogP contribution in [0.5, 0.6) is 5.75 Å². The van der Waals surface area contributed by atoms with E-state index in [9.17, 15) is 24.2 Å². The molecule has 0 unspecified atom stereocenters. The first-order valence-electron chi connectivity index (χ1n) is 8.36. The topological polar surface area (TPSA) is 126 Å². The number of rotatable bonds is 4. The predicted molar refractivity (Wildman–Crippen MR) is 111 cm³/mol. The summed E-state index contributed by atoms with van der Waals surface area (Å²) in [6, 6.07) is 13.7. The number of hydrogen-bond donors (Lipinski definition) is 1. The third-order valence-electron chi connectivity index (χ3n) is 3.79. The van der Waals surface area contributed by atoms with E-state index in [1.807, 2.05) is 6.07 Å². The van der Waals surface area contributed by atoms with Gasteiger partial charge in [-0.1, -0.05) is 29.5 Å².